The summed E-state index contributed by atoms with van der Waals surface area (Å²) in [6.07, 6.45) is 6.35. The lowest BCUT2D eigenvalue weighted by Crippen LogP contribution is -1.84. The van der Waals surface area contributed by atoms with Crippen molar-refractivity contribution in [3.05, 3.63) is 35.4 Å². The van der Waals surface area contributed by atoms with E-state index in [4.69, 9.17) is 6.42 Å². The zero-order valence-corrected chi connectivity index (χ0v) is 8.34. The molecular weight excluding hydrogens is 247 g/mol. The van der Waals surface area contributed by atoms with Crippen LogP contribution in [0.5, 0.6) is 0 Å². The molecule has 0 spiro atoms. The molecule has 11 heavy (non-hydrogen) atoms. The van der Waals surface area contributed by atoms with Gasteiger partial charge >= 0.3 is 0 Å². The number of rotatable bonds is 2. The molecule has 1 rings (SSSR count). The average Bonchev–Trinajstić information content (AvgIpc) is 2.07. The Balaban J connectivity index is 2.76. The molecule has 0 fully saturated rings. The van der Waals surface area contributed by atoms with Crippen LogP contribution in [-0.2, 0) is 6.42 Å². The topological polar surface area (TPSA) is 0 Å². The molecule has 0 bridgehead atoms. The standard InChI is InChI=1S/C10H9I/c1-2-9-3-5-10(6-4-9)7-8-11/h1,3-6H,7-8H2. The molecule has 1 heteroatoms. The molecule has 0 amide bonds. The summed E-state index contributed by atoms with van der Waals surface area (Å²) in [5.41, 5.74) is 2.32. The van der Waals surface area contributed by atoms with Crippen molar-refractivity contribution in [3.63, 3.8) is 0 Å². The van der Waals surface area contributed by atoms with Crippen LogP contribution in [0.3, 0.4) is 0 Å². The summed E-state index contributed by atoms with van der Waals surface area (Å²) in [4.78, 5) is 0. The minimum atomic E-state index is 0.960. The van der Waals surface area contributed by atoms with Gasteiger partial charge in [0, 0.05) is 9.99 Å². The van der Waals surface area contributed by atoms with Gasteiger partial charge in [-0.2, -0.15) is 0 Å². The predicted octanol–water partition coefficient (Wildman–Crippen LogP) is 2.65. The summed E-state index contributed by atoms with van der Waals surface area (Å²) in [7, 11) is 0. The molecule has 1 aromatic carbocycles. The van der Waals surface area contributed by atoms with Gasteiger partial charge in [0.2, 0.25) is 0 Å². The third kappa shape index (κ3) is 2.55. The summed E-state index contributed by atoms with van der Waals surface area (Å²) < 4.78 is 1.16. The maximum absolute atomic E-state index is 5.22. The van der Waals surface area contributed by atoms with Crippen molar-refractivity contribution in [3.8, 4) is 12.3 Å². The molecule has 0 N–H and O–H groups in total. The van der Waals surface area contributed by atoms with Gasteiger partial charge in [-0.3, -0.25) is 0 Å². The second kappa shape index (κ2) is 4.40. The average molecular weight is 256 g/mol. The number of halogens is 1. The molecule has 56 valence electrons. The molecule has 0 saturated heterocycles. The van der Waals surface area contributed by atoms with Gasteiger partial charge in [-0.1, -0.05) is 40.6 Å². The van der Waals surface area contributed by atoms with Gasteiger partial charge < -0.3 is 0 Å². The van der Waals surface area contributed by atoms with Crippen LogP contribution >= 0.6 is 22.6 Å². The second-order valence-electron chi connectivity index (χ2n) is 2.28. The lowest BCUT2D eigenvalue weighted by Gasteiger charge is -1.96. The minimum Gasteiger partial charge on any atom is -0.115 e. The van der Waals surface area contributed by atoms with Gasteiger partial charge in [0.05, 0.1) is 0 Å². The Morgan fingerprint density at radius 1 is 1.27 bits per heavy atom. The molecule has 0 saturated carbocycles. The number of hydrogen-bond acceptors (Lipinski definition) is 0. The molecule has 0 aliphatic heterocycles. The predicted molar refractivity (Wildman–Crippen MR) is 57.0 cm³/mol. The molecule has 0 atom stereocenters. The van der Waals surface area contributed by atoms with E-state index in [1.807, 2.05) is 12.1 Å². The Bertz CT molecular complexity index is 253. The Hall–Kier alpha value is -0.490. The fourth-order valence-electron chi connectivity index (χ4n) is 0.877. The molecular formula is C10H9I. The van der Waals surface area contributed by atoms with E-state index < -0.39 is 0 Å². The smallest absolute Gasteiger partial charge is 0.0242 e. The van der Waals surface area contributed by atoms with E-state index in [1.165, 1.54) is 5.56 Å². The first-order chi connectivity index (χ1) is 5.36. The van der Waals surface area contributed by atoms with Crippen molar-refractivity contribution in [1.29, 1.82) is 0 Å². The summed E-state index contributed by atoms with van der Waals surface area (Å²) in [5, 5.41) is 0. The largest absolute Gasteiger partial charge is 0.115 e. The monoisotopic (exact) mass is 256 g/mol. The quantitative estimate of drug-likeness (QED) is 0.433. The highest BCUT2D eigenvalue weighted by Gasteiger charge is 1.90. The van der Waals surface area contributed by atoms with Crippen molar-refractivity contribution in [2.45, 2.75) is 6.42 Å². The van der Waals surface area contributed by atoms with Gasteiger partial charge in [-0.05, 0) is 24.1 Å². The Morgan fingerprint density at radius 3 is 2.36 bits per heavy atom. The van der Waals surface area contributed by atoms with Crippen LogP contribution in [0.15, 0.2) is 24.3 Å². The number of alkyl halides is 1. The molecule has 1 aromatic rings. The Labute approximate surface area is 81.2 Å². The highest BCUT2D eigenvalue weighted by molar-refractivity contribution is 14.1. The van der Waals surface area contributed by atoms with E-state index in [9.17, 15) is 0 Å². The molecule has 0 nitrogen and oxygen atoms in total. The van der Waals surface area contributed by atoms with E-state index in [2.05, 4.69) is 40.6 Å². The number of benzene rings is 1. The van der Waals surface area contributed by atoms with Gasteiger partial charge in [-0.25, -0.2) is 0 Å². The lowest BCUT2D eigenvalue weighted by molar-refractivity contribution is 1.18. The van der Waals surface area contributed by atoms with Crippen molar-refractivity contribution in [2.24, 2.45) is 0 Å². The normalized spacial score (nSPS) is 9.09. The van der Waals surface area contributed by atoms with Crippen LogP contribution in [0, 0.1) is 12.3 Å². The van der Waals surface area contributed by atoms with E-state index in [-0.39, 0.29) is 0 Å². The zero-order valence-electron chi connectivity index (χ0n) is 6.18. The van der Waals surface area contributed by atoms with E-state index in [0.29, 0.717) is 0 Å². The maximum Gasteiger partial charge on any atom is 0.0242 e. The summed E-state index contributed by atoms with van der Waals surface area (Å²) in [6, 6.07) is 8.16. The van der Waals surface area contributed by atoms with Crippen molar-refractivity contribution < 1.29 is 0 Å². The van der Waals surface area contributed by atoms with E-state index >= 15 is 0 Å². The van der Waals surface area contributed by atoms with Gasteiger partial charge in [0.1, 0.15) is 0 Å². The number of hydrogen-bond donors (Lipinski definition) is 0. The van der Waals surface area contributed by atoms with E-state index in [0.717, 1.165) is 16.4 Å². The zero-order chi connectivity index (χ0) is 8.10. The van der Waals surface area contributed by atoms with Crippen LogP contribution in [-0.4, -0.2) is 4.43 Å². The first-order valence-electron chi connectivity index (χ1n) is 3.48. The third-order valence-corrected chi connectivity index (χ3v) is 2.04. The van der Waals surface area contributed by atoms with Gasteiger partial charge in [0.15, 0.2) is 0 Å². The first-order valence-corrected chi connectivity index (χ1v) is 5.01. The van der Waals surface area contributed by atoms with Crippen LogP contribution in [0.2, 0.25) is 0 Å². The number of terminal acetylenes is 1. The lowest BCUT2D eigenvalue weighted by atomic mass is 10.1. The fourth-order valence-corrected chi connectivity index (χ4v) is 1.50. The highest BCUT2D eigenvalue weighted by atomic mass is 127. The summed E-state index contributed by atoms with van der Waals surface area (Å²) in [6.45, 7) is 0. The molecule has 0 radical (unpaired) electrons. The summed E-state index contributed by atoms with van der Waals surface area (Å²) >= 11 is 2.37. The van der Waals surface area contributed by atoms with Crippen LogP contribution in [0.1, 0.15) is 11.1 Å². The van der Waals surface area contributed by atoms with Crippen LogP contribution < -0.4 is 0 Å². The van der Waals surface area contributed by atoms with Gasteiger partial charge in [-0.15, -0.1) is 6.42 Å². The van der Waals surface area contributed by atoms with Crippen molar-refractivity contribution in [1.82, 2.24) is 0 Å². The maximum atomic E-state index is 5.22. The summed E-state index contributed by atoms with van der Waals surface area (Å²) in [5.74, 6) is 2.59. The minimum absolute atomic E-state index is 0.960. The number of aryl methyl sites for hydroxylation is 1. The molecule has 0 aromatic heterocycles. The van der Waals surface area contributed by atoms with Gasteiger partial charge in [0.25, 0.3) is 0 Å². The first kappa shape index (κ1) is 8.61. The second-order valence-corrected chi connectivity index (χ2v) is 3.36. The molecule has 0 heterocycles. The highest BCUT2D eigenvalue weighted by Crippen LogP contribution is 2.04. The Kier molecular flexibility index (Phi) is 3.44. The van der Waals surface area contributed by atoms with Crippen molar-refractivity contribution >= 4 is 22.6 Å². The van der Waals surface area contributed by atoms with E-state index in [1.54, 1.807) is 0 Å². The molecule has 0 aliphatic rings. The molecule has 0 unspecified atom stereocenters. The van der Waals surface area contributed by atoms with Crippen LogP contribution in [0.25, 0.3) is 0 Å². The third-order valence-electron chi connectivity index (χ3n) is 1.50. The molecule has 0 aliphatic carbocycles. The Morgan fingerprint density at radius 2 is 1.91 bits per heavy atom. The van der Waals surface area contributed by atoms with Crippen LogP contribution in [0.4, 0.5) is 0 Å². The SMILES string of the molecule is C#Cc1ccc(CCI)cc1. The fraction of sp³-hybridized carbons (Fsp3) is 0.200. The van der Waals surface area contributed by atoms with Crippen molar-refractivity contribution in [2.75, 3.05) is 4.43 Å².